The molecular formula is C12H23N3O2. The molecule has 5 heteroatoms. The van der Waals surface area contributed by atoms with Gasteiger partial charge >= 0.3 is 0 Å². The van der Waals surface area contributed by atoms with Gasteiger partial charge in [-0.25, -0.2) is 0 Å². The summed E-state index contributed by atoms with van der Waals surface area (Å²) in [5.74, 6) is -0.289. The maximum atomic E-state index is 11.5. The average Bonchev–Trinajstić information content (AvgIpc) is 2.35. The second-order valence-electron chi connectivity index (χ2n) is 4.82. The largest absolute Gasteiger partial charge is 0.354 e. The van der Waals surface area contributed by atoms with Crippen LogP contribution in [0.3, 0.4) is 0 Å². The van der Waals surface area contributed by atoms with Crippen molar-refractivity contribution in [3.05, 3.63) is 0 Å². The summed E-state index contributed by atoms with van der Waals surface area (Å²) in [7, 11) is 0. The number of hydrogen-bond donors (Lipinski definition) is 3. The van der Waals surface area contributed by atoms with E-state index in [9.17, 15) is 9.59 Å². The molecule has 0 aromatic rings. The molecule has 0 bridgehead atoms. The van der Waals surface area contributed by atoms with Crippen molar-refractivity contribution in [3.8, 4) is 0 Å². The molecule has 2 amide bonds. The van der Waals surface area contributed by atoms with E-state index in [4.69, 9.17) is 0 Å². The Labute approximate surface area is 103 Å². The minimum absolute atomic E-state index is 0.0720. The summed E-state index contributed by atoms with van der Waals surface area (Å²) in [5.41, 5.74) is 0.185. The minimum Gasteiger partial charge on any atom is -0.354 e. The second-order valence-corrected chi connectivity index (χ2v) is 4.82. The Morgan fingerprint density at radius 3 is 2.65 bits per heavy atom. The highest BCUT2D eigenvalue weighted by molar-refractivity contribution is 5.83. The van der Waals surface area contributed by atoms with Crippen molar-refractivity contribution in [2.45, 2.75) is 33.1 Å². The number of carbonyl (C=O) groups excluding carboxylic acids is 2. The van der Waals surface area contributed by atoms with Crippen molar-refractivity contribution in [2.75, 3.05) is 26.2 Å². The van der Waals surface area contributed by atoms with Crippen LogP contribution in [0.15, 0.2) is 0 Å². The third-order valence-electron chi connectivity index (χ3n) is 3.47. The smallest absolute Gasteiger partial charge is 0.239 e. The van der Waals surface area contributed by atoms with Crippen LogP contribution in [-0.4, -0.2) is 38.0 Å². The Morgan fingerprint density at radius 2 is 2.12 bits per heavy atom. The van der Waals surface area contributed by atoms with Crippen LogP contribution in [0.25, 0.3) is 0 Å². The molecule has 0 radical (unpaired) electrons. The van der Waals surface area contributed by atoms with Gasteiger partial charge in [-0.05, 0) is 31.2 Å². The third kappa shape index (κ3) is 4.73. The highest BCUT2D eigenvalue weighted by atomic mass is 16.2. The highest BCUT2D eigenvalue weighted by Crippen LogP contribution is 2.28. The van der Waals surface area contributed by atoms with Gasteiger partial charge in [-0.3, -0.25) is 9.59 Å². The summed E-state index contributed by atoms with van der Waals surface area (Å²) >= 11 is 0. The van der Waals surface area contributed by atoms with Gasteiger partial charge in [0.25, 0.3) is 0 Å². The SMILES string of the molecule is CCC1(CNC(=O)CNC(C)=O)CCCNC1. The molecule has 0 saturated carbocycles. The van der Waals surface area contributed by atoms with Gasteiger partial charge in [-0.15, -0.1) is 0 Å². The highest BCUT2D eigenvalue weighted by Gasteiger charge is 2.30. The summed E-state index contributed by atoms with van der Waals surface area (Å²) < 4.78 is 0. The van der Waals surface area contributed by atoms with E-state index in [1.54, 1.807) is 0 Å². The van der Waals surface area contributed by atoms with Crippen LogP contribution in [0.1, 0.15) is 33.1 Å². The van der Waals surface area contributed by atoms with E-state index in [1.807, 2.05) is 0 Å². The lowest BCUT2D eigenvalue weighted by Crippen LogP contribution is -2.48. The average molecular weight is 241 g/mol. The van der Waals surface area contributed by atoms with E-state index >= 15 is 0 Å². The molecule has 1 aliphatic heterocycles. The number of rotatable bonds is 5. The molecule has 1 fully saturated rings. The number of carbonyl (C=O) groups is 2. The van der Waals surface area contributed by atoms with Gasteiger partial charge < -0.3 is 16.0 Å². The lowest BCUT2D eigenvalue weighted by Gasteiger charge is -2.37. The van der Waals surface area contributed by atoms with Gasteiger partial charge in [0.05, 0.1) is 6.54 Å². The van der Waals surface area contributed by atoms with Crippen LogP contribution in [-0.2, 0) is 9.59 Å². The second kappa shape index (κ2) is 6.59. The van der Waals surface area contributed by atoms with E-state index in [2.05, 4.69) is 22.9 Å². The fourth-order valence-electron chi connectivity index (χ4n) is 2.16. The van der Waals surface area contributed by atoms with E-state index in [0.717, 1.165) is 32.4 Å². The molecule has 1 saturated heterocycles. The summed E-state index contributed by atoms with van der Waals surface area (Å²) in [6.07, 6.45) is 3.37. The lowest BCUT2D eigenvalue weighted by atomic mass is 9.78. The minimum atomic E-state index is -0.176. The summed E-state index contributed by atoms with van der Waals surface area (Å²) in [5, 5.41) is 8.78. The van der Waals surface area contributed by atoms with Crippen molar-refractivity contribution in [1.82, 2.24) is 16.0 Å². The fourth-order valence-corrected chi connectivity index (χ4v) is 2.16. The molecule has 1 heterocycles. The molecule has 1 atom stereocenters. The first-order valence-corrected chi connectivity index (χ1v) is 6.30. The summed E-state index contributed by atoms with van der Waals surface area (Å²) in [4.78, 5) is 22.2. The molecule has 0 aromatic carbocycles. The third-order valence-corrected chi connectivity index (χ3v) is 3.47. The predicted octanol–water partition coefficient (Wildman–Crippen LogP) is 0.0185. The van der Waals surface area contributed by atoms with Crippen molar-refractivity contribution >= 4 is 11.8 Å². The zero-order valence-corrected chi connectivity index (χ0v) is 10.8. The van der Waals surface area contributed by atoms with E-state index < -0.39 is 0 Å². The Bertz CT molecular complexity index is 273. The molecule has 1 aliphatic rings. The van der Waals surface area contributed by atoms with Crippen molar-refractivity contribution in [2.24, 2.45) is 5.41 Å². The summed E-state index contributed by atoms with van der Waals surface area (Å²) in [6.45, 7) is 6.36. The van der Waals surface area contributed by atoms with Gasteiger partial charge in [-0.2, -0.15) is 0 Å². The quantitative estimate of drug-likeness (QED) is 0.635. The van der Waals surface area contributed by atoms with E-state index in [1.165, 1.54) is 6.92 Å². The van der Waals surface area contributed by atoms with Gasteiger partial charge in [-0.1, -0.05) is 6.92 Å². The first kappa shape index (κ1) is 14.0. The van der Waals surface area contributed by atoms with Crippen LogP contribution in [0, 0.1) is 5.41 Å². The van der Waals surface area contributed by atoms with Crippen LogP contribution >= 0.6 is 0 Å². The molecule has 0 aliphatic carbocycles. The fraction of sp³-hybridized carbons (Fsp3) is 0.833. The van der Waals surface area contributed by atoms with Crippen LogP contribution in [0.4, 0.5) is 0 Å². The van der Waals surface area contributed by atoms with E-state index in [-0.39, 0.29) is 23.8 Å². The van der Waals surface area contributed by atoms with Crippen LogP contribution in [0.5, 0.6) is 0 Å². The van der Waals surface area contributed by atoms with E-state index in [0.29, 0.717) is 6.54 Å². The van der Waals surface area contributed by atoms with Gasteiger partial charge in [0.2, 0.25) is 11.8 Å². The van der Waals surface area contributed by atoms with Gasteiger partial charge in [0.15, 0.2) is 0 Å². The molecule has 0 spiro atoms. The first-order chi connectivity index (χ1) is 8.08. The van der Waals surface area contributed by atoms with Crippen LogP contribution < -0.4 is 16.0 Å². The zero-order valence-electron chi connectivity index (χ0n) is 10.8. The molecular weight excluding hydrogens is 218 g/mol. The molecule has 0 aromatic heterocycles. The monoisotopic (exact) mass is 241 g/mol. The molecule has 1 unspecified atom stereocenters. The molecule has 98 valence electrons. The molecule has 5 nitrogen and oxygen atoms in total. The topological polar surface area (TPSA) is 70.2 Å². The van der Waals surface area contributed by atoms with Gasteiger partial charge in [0.1, 0.15) is 0 Å². The standard InChI is InChI=1S/C12H23N3O2/c1-3-12(5-4-6-13-8-12)9-15-11(17)7-14-10(2)16/h13H,3-9H2,1-2H3,(H,14,16)(H,15,17). The molecule has 1 rings (SSSR count). The normalized spacial score (nSPS) is 24.1. The lowest BCUT2D eigenvalue weighted by molar-refractivity contribution is -0.125. The molecule has 17 heavy (non-hydrogen) atoms. The Balaban J connectivity index is 2.31. The Hall–Kier alpha value is -1.10. The first-order valence-electron chi connectivity index (χ1n) is 6.30. The van der Waals surface area contributed by atoms with Crippen molar-refractivity contribution in [3.63, 3.8) is 0 Å². The molecule has 3 N–H and O–H groups in total. The Morgan fingerprint density at radius 1 is 1.35 bits per heavy atom. The predicted molar refractivity (Wildman–Crippen MR) is 66.5 cm³/mol. The number of piperidine rings is 1. The zero-order chi connectivity index (χ0) is 12.7. The van der Waals surface area contributed by atoms with Crippen molar-refractivity contribution < 1.29 is 9.59 Å². The van der Waals surface area contributed by atoms with Crippen molar-refractivity contribution in [1.29, 1.82) is 0 Å². The van der Waals surface area contributed by atoms with Crippen LogP contribution in [0.2, 0.25) is 0 Å². The summed E-state index contributed by atoms with van der Waals surface area (Å²) in [6, 6.07) is 0. The maximum absolute atomic E-state index is 11.5. The maximum Gasteiger partial charge on any atom is 0.239 e. The number of amides is 2. The number of nitrogens with one attached hydrogen (secondary N) is 3. The van der Waals surface area contributed by atoms with Gasteiger partial charge in [0, 0.05) is 20.0 Å². The number of hydrogen-bond acceptors (Lipinski definition) is 3. The Kier molecular flexibility index (Phi) is 5.41.